The molecule has 1 amide bonds. The minimum atomic E-state index is -0.148. The molecule has 0 aliphatic heterocycles. The number of amides is 1. The highest BCUT2D eigenvalue weighted by atomic mass is 79.9. The van der Waals surface area contributed by atoms with Gasteiger partial charge in [-0.25, -0.2) is 4.98 Å². The van der Waals surface area contributed by atoms with Crippen molar-refractivity contribution < 1.29 is 4.79 Å². The molecule has 92 valence electrons. The second-order valence-electron chi connectivity index (χ2n) is 3.50. The van der Waals surface area contributed by atoms with Gasteiger partial charge in [0.25, 0.3) is 5.91 Å². The SMILES string of the molecule is CSc1ccccc1C(=O)Nc1cccc(Br)n1. The molecule has 0 saturated carbocycles. The third kappa shape index (κ3) is 3.11. The number of thioether (sulfide) groups is 1. The number of carbonyl (C=O) groups is 1. The number of aromatic nitrogens is 1. The molecule has 0 spiro atoms. The first-order valence-electron chi connectivity index (χ1n) is 5.27. The molecule has 0 saturated heterocycles. The van der Waals surface area contributed by atoms with E-state index in [1.54, 1.807) is 23.9 Å². The van der Waals surface area contributed by atoms with E-state index in [1.165, 1.54) is 0 Å². The number of nitrogens with zero attached hydrogens (tertiary/aromatic N) is 1. The Balaban J connectivity index is 2.22. The number of nitrogens with one attached hydrogen (secondary N) is 1. The number of anilines is 1. The smallest absolute Gasteiger partial charge is 0.257 e. The van der Waals surface area contributed by atoms with Crippen LogP contribution in [0.25, 0.3) is 0 Å². The summed E-state index contributed by atoms with van der Waals surface area (Å²) in [7, 11) is 0. The summed E-state index contributed by atoms with van der Waals surface area (Å²) >= 11 is 4.82. The van der Waals surface area contributed by atoms with Gasteiger partial charge in [0, 0.05) is 4.90 Å². The van der Waals surface area contributed by atoms with Crippen molar-refractivity contribution >= 4 is 39.4 Å². The molecular formula is C13H11BrN2OS. The zero-order valence-corrected chi connectivity index (χ0v) is 12.1. The van der Waals surface area contributed by atoms with Crippen molar-refractivity contribution in [1.29, 1.82) is 0 Å². The largest absolute Gasteiger partial charge is 0.306 e. The highest BCUT2D eigenvalue weighted by molar-refractivity contribution is 9.10. The van der Waals surface area contributed by atoms with Gasteiger partial charge >= 0.3 is 0 Å². The van der Waals surface area contributed by atoms with Gasteiger partial charge in [0.05, 0.1) is 5.56 Å². The van der Waals surface area contributed by atoms with Crippen LogP contribution in [0.15, 0.2) is 52.0 Å². The molecule has 0 atom stereocenters. The standard InChI is InChI=1S/C13H11BrN2OS/c1-18-10-6-3-2-5-9(10)13(17)16-12-8-4-7-11(14)15-12/h2-8H,1H3,(H,15,16,17). The molecule has 0 unspecified atom stereocenters. The van der Waals surface area contributed by atoms with Gasteiger partial charge in [0.15, 0.2) is 0 Å². The molecule has 1 heterocycles. The molecule has 0 aliphatic carbocycles. The Bertz CT molecular complexity index is 574. The quantitative estimate of drug-likeness (QED) is 0.690. The lowest BCUT2D eigenvalue weighted by molar-refractivity contribution is 0.102. The van der Waals surface area contributed by atoms with E-state index in [2.05, 4.69) is 26.2 Å². The van der Waals surface area contributed by atoms with Gasteiger partial charge in [0.1, 0.15) is 10.4 Å². The van der Waals surface area contributed by atoms with Crippen molar-refractivity contribution in [2.45, 2.75) is 4.90 Å². The Morgan fingerprint density at radius 1 is 1.22 bits per heavy atom. The van der Waals surface area contributed by atoms with E-state index in [-0.39, 0.29) is 5.91 Å². The third-order valence-corrected chi connectivity index (χ3v) is 3.55. The Morgan fingerprint density at radius 2 is 2.00 bits per heavy atom. The monoisotopic (exact) mass is 322 g/mol. The second kappa shape index (κ2) is 6.02. The lowest BCUT2D eigenvalue weighted by atomic mass is 10.2. The van der Waals surface area contributed by atoms with Gasteiger partial charge in [-0.2, -0.15) is 0 Å². The molecule has 0 radical (unpaired) electrons. The average Bonchev–Trinajstić information content (AvgIpc) is 2.38. The van der Waals surface area contributed by atoms with Gasteiger partial charge in [-0.3, -0.25) is 4.79 Å². The number of benzene rings is 1. The van der Waals surface area contributed by atoms with Crippen molar-refractivity contribution in [1.82, 2.24) is 4.98 Å². The summed E-state index contributed by atoms with van der Waals surface area (Å²) < 4.78 is 0.693. The number of hydrogen-bond donors (Lipinski definition) is 1. The van der Waals surface area contributed by atoms with E-state index < -0.39 is 0 Å². The maximum Gasteiger partial charge on any atom is 0.257 e. The summed E-state index contributed by atoms with van der Waals surface area (Å²) in [5.41, 5.74) is 0.659. The van der Waals surface area contributed by atoms with Crippen LogP contribution < -0.4 is 5.32 Å². The van der Waals surface area contributed by atoms with Crippen molar-refractivity contribution in [2.24, 2.45) is 0 Å². The van der Waals surface area contributed by atoms with Crippen LogP contribution in [0, 0.1) is 0 Å². The van der Waals surface area contributed by atoms with Crippen molar-refractivity contribution in [3.63, 3.8) is 0 Å². The first-order chi connectivity index (χ1) is 8.70. The lowest BCUT2D eigenvalue weighted by Crippen LogP contribution is -2.13. The molecule has 2 rings (SSSR count). The van der Waals surface area contributed by atoms with E-state index in [0.29, 0.717) is 16.0 Å². The van der Waals surface area contributed by atoms with Crippen LogP contribution >= 0.6 is 27.7 Å². The molecule has 3 nitrogen and oxygen atoms in total. The first-order valence-corrected chi connectivity index (χ1v) is 7.29. The fraction of sp³-hybridized carbons (Fsp3) is 0.0769. The van der Waals surface area contributed by atoms with Crippen molar-refractivity contribution in [3.05, 3.63) is 52.6 Å². The summed E-state index contributed by atoms with van der Waals surface area (Å²) in [5.74, 6) is 0.385. The summed E-state index contributed by atoms with van der Waals surface area (Å²) in [4.78, 5) is 17.2. The van der Waals surface area contributed by atoms with Gasteiger partial charge in [-0.1, -0.05) is 18.2 Å². The Kier molecular flexibility index (Phi) is 4.38. The number of hydrogen-bond acceptors (Lipinski definition) is 3. The van der Waals surface area contributed by atoms with E-state index >= 15 is 0 Å². The Morgan fingerprint density at radius 3 is 2.72 bits per heavy atom. The number of halogens is 1. The molecule has 1 aromatic carbocycles. The summed E-state index contributed by atoms with van der Waals surface area (Å²) in [5, 5.41) is 2.78. The molecule has 2 aromatic rings. The topological polar surface area (TPSA) is 42.0 Å². The molecule has 0 fully saturated rings. The molecule has 5 heteroatoms. The number of rotatable bonds is 3. The van der Waals surface area contributed by atoms with Gasteiger partial charge in [-0.05, 0) is 46.5 Å². The lowest BCUT2D eigenvalue weighted by Gasteiger charge is -2.07. The van der Waals surface area contributed by atoms with Gasteiger partial charge in [0.2, 0.25) is 0 Å². The molecule has 18 heavy (non-hydrogen) atoms. The van der Waals surface area contributed by atoms with E-state index in [9.17, 15) is 4.79 Å². The minimum absolute atomic E-state index is 0.148. The average molecular weight is 323 g/mol. The number of carbonyl (C=O) groups excluding carboxylic acids is 1. The molecule has 1 N–H and O–H groups in total. The predicted molar refractivity (Wildman–Crippen MR) is 78.1 cm³/mol. The Labute approximate surface area is 118 Å². The van der Waals surface area contributed by atoms with E-state index in [0.717, 1.165) is 4.90 Å². The van der Waals surface area contributed by atoms with Gasteiger partial charge in [-0.15, -0.1) is 11.8 Å². The third-order valence-electron chi connectivity index (χ3n) is 2.31. The predicted octanol–water partition coefficient (Wildman–Crippen LogP) is 3.82. The highest BCUT2D eigenvalue weighted by Gasteiger charge is 2.10. The van der Waals surface area contributed by atoms with E-state index in [1.807, 2.05) is 36.6 Å². The van der Waals surface area contributed by atoms with Crippen LogP contribution in [0.1, 0.15) is 10.4 Å². The second-order valence-corrected chi connectivity index (χ2v) is 5.16. The molecule has 1 aromatic heterocycles. The van der Waals surface area contributed by atoms with Gasteiger partial charge < -0.3 is 5.32 Å². The molecular weight excluding hydrogens is 312 g/mol. The van der Waals surface area contributed by atoms with Crippen LogP contribution in [-0.4, -0.2) is 17.1 Å². The highest BCUT2D eigenvalue weighted by Crippen LogP contribution is 2.21. The minimum Gasteiger partial charge on any atom is -0.306 e. The summed E-state index contributed by atoms with van der Waals surface area (Å²) in [6.45, 7) is 0. The van der Waals surface area contributed by atoms with Crippen molar-refractivity contribution in [2.75, 3.05) is 11.6 Å². The van der Waals surface area contributed by atoms with Crippen LogP contribution in [0.5, 0.6) is 0 Å². The fourth-order valence-corrected chi connectivity index (χ4v) is 2.43. The maximum atomic E-state index is 12.1. The maximum absolute atomic E-state index is 12.1. The Hall–Kier alpha value is -1.33. The zero-order chi connectivity index (χ0) is 13.0. The molecule has 0 bridgehead atoms. The number of pyridine rings is 1. The zero-order valence-electron chi connectivity index (χ0n) is 9.68. The summed E-state index contributed by atoms with van der Waals surface area (Å²) in [6, 6.07) is 12.9. The molecule has 0 aliphatic rings. The normalized spacial score (nSPS) is 10.1. The van der Waals surface area contributed by atoms with Crippen LogP contribution in [-0.2, 0) is 0 Å². The first kappa shape index (κ1) is 13.1. The van der Waals surface area contributed by atoms with E-state index in [4.69, 9.17) is 0 Å². The summed E-state index contributed by atoms with van der Waals surface area (Å²) in [6.07, 6.45) is 1.95. The van der Waals surface area contributed by atoms with Crippen LogP contribution in [0.4, 0.5) is 5.82 Å². The van der Waals surface area contributed by atoms with Crippen molar-refractivity contribution in [3.8, 4) is 0 Å². The van der Waals surface area contributed by atoms with Crippen LogP contribution in [0.3, 0.4) is 0 Å². The van der Waals surface area contributed by atoms with Crippen LogP contribution in [0.2, 0.25) is 0 Å². The fourth-order valence-electron chi connectivity index (χ4n) is 1.49.